The van der Waals surface area contributed by atoms with Gasteiger partial charge in [-0.25, -0.2) is 0 Å². The molecule has 0 spiro atoms. The molecular weight excluding hydrogens is 436 g/mol. The van der Waals surface area contributed by atoms with Crippen molar-refractivity contribution in [3.63, 3.8) is 0 Å². The maximum atomic E-state index is 11.0. The molecule has 0 heterocycles. The highest BCUT2D eigenvalue weighted by atomic mass is 16.6. The maximum Gasteiger partial charge on any atom is 0.309 e. The van der Waals surface area contributed by atoms with Gasteiger partial charge in [-0.15, -0.1) is 0 Å². The number of ether oxygens (including phenoxy) is 2. The quantitative estimate of drug-likeness (QED) is 0.314. The number of rotatable bonds is 12. The minimum absolute atomic E-state index is 0.230. The molecule has 3 aromatic rings. The van der Waals surface area contributed by atoms with Gasteiger partial charge in [0.2, 0.25) is 0 Å². The number of carboxylic acid groups (broad SMARTS) is 1. The van der Waals surface area contributed by atoms with Gasteiger partial charge < -0.3 is 24.3 Å². The number of hydrogen-bond acceptors (Lipinski definition) is 7. The summed E-state index contributed by atoms with van der Waals surface area (Å²) in [4.78, 5) is 20.7. The molecule has 0 unspecified atom stereocenters. The van der Waals surface area contributed by atoms with Gasteiger partial charge in [0, 0.05) is 11.1 Å². The van der Waals surface area contributed by atoms with E-state index in [-0.39, 0.29) is 13.0 Å². The van der Waals surface area contributed by atoms with E-state index in [1.54, 1.807) is 24.3 Å². The van der Waals surface area contributed by atoms with Gasteiger partial charge in [-0.05, 0) is 42.0 Å². The largest absolute Gasteiger partial charge is 0.489 e. The lowest BCUT2D eigenvalue weighted by molar-refractivity contribution is -0.135. The first kappa shape index (κ1) is 24.3. The van der Waals surface area contributed by atoms with E-state index in [0.717, 1.165) is 11.1 Å². The zero-order valence-corrected chi connectivity index (χ0v) is 19.0. The monoisotopic (exact) mass is 462 g/mol. The number of hydrogen-bond donors (Lipinski definition) is 1. The van der Waals surface area contributed by atoms with Crippen LogP contribution < -0.4 is 9.47 Å². The number of aliphatic carboxylic acids is 1. The fourth-order valence-electron chi connectivity index (χ4n) is 3.09. The molecule has 0 aromatic heterocycles. The van der Waals surface area contributed by atoms with Gasteiger partial charge in [-0.1, -0.05) is 52.8 Å². The minimum Gasteiger partial charge on any atom is -0.489 e. The van der Waals surface area contributed by atoms with E-state index in [0.29, 0.717) is 35.1 Å². The smallest absolute Gasteiger partial charge is 0.309 e. The summed E-state index contributed by atoms with van der Waals surface area (Å²) in [6.07, 6.45) is -0.230. The number of carbonyl (C=O) groups is 1. The number of oxime groups is 2. The van der Waals surface area contributed by atoms with Gasteiger partial charge >= 0.3 is 5.97 Å². The Morgan fingerprint density at radius 1 is 0.735 bits per heavy atom. The highest BCUT2D eigenvalue weighted by molar-refractivity contribution is 6.08. The van der Waals surface area contributed by atoms with Crippen LogP contribution in [-0.2, 0) is 21.1 Å². The van der Waals surface area contributed by atoms with Crippen molar-refractivity contribution in [1.82, 2.24) is 0 Å². The highest BCUT2D eigenvalue weighted by Crippen LogP contribution is 2.18. The Labute approximate surface area is 198 Å². The first-order chi connectivity index (χ1) is 16.6. The van der Waals surface area contributed by atoms with Crippen molar-refractivity contribution in [3.05, 3.63) is 95.6 Å². The molecule has 0 saturated carbocycles. The lowest BCUT2D eigenvalue weighted by atomic mass is 10.1. The van der Waals surface area contributed by atoms with Crippen LogP contribution in [0.3, 0.4) is 0 Å². The van der Waals surface area contributed by atoms with E-state index in [4.69, 9.17) is 24.3 Å². The number of carboxylic acids is 1. The lowest BCUT2D eigenvalue weighted by Crippen LogP contribution is -2.13. The Balaban J connectivity index is 1.54. The molecule has 0 aliphatic heterocycles. The topological polar surface area (TPSA) is 98.9 Å². The molecule has 3 rings (SSSR count). The van der Waals surface area contributed by atoms with Crippen molar-refractivity contribution in [2.75, 3.05) is 20.8 Å². The van der Waals surface area contributed by atoms with Crippen LogP contribution >= 0.6 is 0 Å². The summed E-state index contributed by atoms with van der Waals surface area (Å²) in [6, 6.07) is 24.3. The molecule has 0 aliphatic rings. The van der Waals surface area contributed by atoms with E-state index in [1.807, 2.05) is 54.6 Å². The van der Waals surface area contributed by atoms with Crippen molar-refractivity contribution >= 4 is 17.4 Å². The van der Waals surface area contributed by atoms with Crippen LogP contribution in [0.1, 0.15) is 23.1 Å². The van der Waals surface area contributed by atoms with E-state index in [2.05, 4.69) is 10.3 Å². The third kappa shape index (κ3) is 7.37. The van der Waals surface area contributed by atoms with Crippen molar-refractivity contribution in [2.24, 2.45) is 10.3 Å². The Hall–Kier alpha value is -4.33. The van der Waals surface area contributed by atoms with Crippen LogP contribution in [0, 0.1) is 0 Å². The molecule has 0 aliphatic carbocycles. The average molecular weight is 463 g/mol. The van der Waals surface area contributed by atoms with Gasteiger partial charge in [-0.2, -0.15) is 0 Å². The molecule has 8 heteroatoms. The van der Waals surface area contributed by atoms with Crippen molar-refractivity contribution in [3.8, 4) is 11.5 Å². The number of nitrogens with zero attached hydrogens (tertiary/aromatic N) is 2. The van der Waals surface area contributed by atoms with Crippen LogP contribution in [-0.4, -0.2) is 43.3 Å². The molecule has 0 atom stereocenters. The predicted molar refractivity (Wildman–Crippen MR) is 128 cm³/mol. The SMILES string of the molecule is CO/N=C(\COc1ccc(COc2ccc(/C(CC(=O)O)=N\OC)cc2)cc1)c1ccccc1. The summed E-state index contributed by atoms with van der Waals surface area (Å²) in [5.74, 6) is 0.376. The minimum atomic E-state index is -0.981. The third-order valence-corrected chi connectivity index (χ3v) is 4.72. The van der Waals surface area contributed by atoms with Crippen LogP contribution in [0.15, 0.2) is 89.2 Å². The van der Waals surface area contributed by atoms with Gasteiger partial charge in [0.15, 0.2) is 0 Å². The second kappa shape index (κ2) is 12.6. The highest BCUT2D eigenvalue weighted by Gasteiger charge is 2.10. The van der Waals surface area contributed by atoms with E-state index < -0.39 is 5.97 Å². The zero-order valence-electron chi connectivity index (χ0n) is 19.0. The van der Waals surface area contributed by atoms with Gasteiger partial charge in [0.1, 0.15) is 44.6 Å². The first-order valence-electron chi connectivity index (χ1n) is 10.5. The molecule has 8 nitrogen and oxygen atoms in total. The summed E-state index contributed by atoms with van der Waals surface area (Å²) in [7, 11) is 2.89. The Bertz CT molecular complexity index is 1110. The summed E-state index contributed by atoms with van der Waals surface area (Å²) >= 11 is 0. The normalized spacial score (nSPS) is 11.6. The Morgan fingerprint density at radius 3 is 1.91 bits per heavy atom. The zero-order chi connectivity index (χ0) is 24.2. The van der Waals surface area contributed by atoms with E-state index >= 15 is 0 Å². The molecule has 0 fully saturated rings. The standard InChI is InChI=1S/C26H26N2O6/c1-31-27-24(16-26(29)30)21-10-14-23(15-11-21)33-17-19-8-12-22(13-9-19)34-18-25(28-32-2)20-6-4-3-5-7-20/h3-15H,16-18H2,1-2H3,(H,29,30)/b27-24-,28-25+. The van der Waals surface area contributed by atoms with Crippen LogP contribution in [0.25, 0.3) is 0 Å². The van der Waals surface area contributed by atoms with E-state index in [9.17, 15) is 4.79 Å². The molecule has 0 radical (unpaired) electrons. The van der Waals surface area contributed by atoms with Gasteiger partial charge in [0.05, 0.1) is 12.1 Å². The van der Waals surface area contributed by atoms with Crippen LogP contribution in [0.2, 0.25) is 0 Å². The second-order valence-electron chi connectivity index (χ2n) is 7.12. The van der Waals surface area contributed by atoms with Crippen LogP contribution in [0.5, 0.6) is 11.5 Å². The molecule has 3 aromatic carbocycles. The molecule has 0 bridgehead atoms. The fraction of sp³-hybridized carbons (Fsp3) is 0.192. The second-order valence-corrected chi connectivity index (χ2v) is 7.12. The fourth-order valence-corrected chi connectivity index (χ4v) is 3.09. The number of benzene rings is 3. The Kier molecular flexibility index (Phi) is 9.04. The predicted octanol–water partition coefficient (Wildman–Crippen LogP) is 4.52. The summed E-state index contributed by atoms with van der Waals surface area (Å²) in [5.41, 5.74) is 3.59. The van der Waals surface area contributed by atoms with E-state index in [1.165, 1.54) is 14.2 Å². The molecule has 176 valence electrons. The first-order valence-corrected chi connectivity index (χ1v) is 10.5. The molecule has 34 heavy (non-hydrogen) atoms. The lowest BCUT2D eigenvalue weighted by Gasteiger charge is -2.10. The molecule has 1 N–H and O–H groups in total. The molecular formula is C26H26N2O6. The van der Waals surface area contributed by atoms with Crippen LogP contribution in [0.4, 0.5) is 0 Å². The van der Waals surface area contributed by atoms with Gasteiger partial charge in [0.25, 0.3) is 0 Å². The third-order valence-electron chi connectivity index (χ3n) is 4.72. The summed E-state index contributed by atoms with van der Waals surface area (Å²) < 4.78 is 11.7. The van der Waals surface area contributed by atoms with Crippen molar-refractivity contribution in [2.45, 2.75) is 13.0 Å². The molecule has 0 saturated heterocycles. The van der Waals surface area contributed by atoms with Crippen molar-refractivity contribution in [1.29, 1.82) is 0 Å². The van der Waals surface area contributed by atoms with Crippen molar-refractivity contribution < 1.29 is 29.0 Å². The summed E-state index contributed by atoms with van der Waals surface area (Å²) in [5, 5.41) is 16.9. The van der Waals surface area contributed by atoms with Gasteiger partial charge in [-0.3, -0.25) is 4.79 Å². The summed E-state index contributed by atoms with van der Waals surface area (Å²) in [6.45, 7) is 0.643. The Morgan fingerprint density at radius 2 is 1.29 bits per heavy atom. The molecule has 0 amide bonds. The average Bonchev–Trinajstić information content (AvgIpc) is 2.86. The maximum absolute atomic E-state index is 11.0.